The average Bonchev–Trinajstić information content (AvgIpc) is 3.29. The summed E-state index contributed by atoms with van der Waals surface area (Å²) in [5.74, 6) is 0.0177. The van der Waals surface area contributed by atoms with E-state index in [1.54, 1.807) is 15.8 Å². The van der Waals surface area contributed by atoms with E-state index in [-0.39, 0.29) is 17.9 Å². The molecule has 2 aliphatic heterocycles. The first-order chi connectivity index (χ1) is 13.7. The lowest BCUT2D eigenvalue weighted by atomic mass is 9.96. The molecule has 0 unspecified atom stereocenters. The minimum Gasteiger partial charge on any atom is -0.378 e. The molecule has 1 N–H and O–H groups in total. The van der Waals surface area contributed by atoms with E-state index in [4.69, 9.17) is 4.74 Å². The minimum atomic E-state index is -0.161. The van der Waals surface area contributed by atoms with Gasteiger partial charge in [-0.1, -0.05) is 0 Å². The maximum Gasteiger partial charge on any atom is 0.321 e. The van der Waals surface area contributed by atoms with Crippen molar-refractivity contribution in [2.24, 2.45) is 5.92 Å². The second-order valence-electron chi connectivity index (χ2n) is 7.15. The topological polar surface area (TPSA) is 79.7 Å². The van der Waals surface area contributed by atoms with Crippen LogP contribution in [0.15, 0.2) is 42.7 Å². The highest BCUT2D eigenvalue weighted by atomic mass is 16.5. The van der Waals surface area contributed by atoms with E-state index in [0.29, 0.717) is 39.4 Å². The zero-order chi connectivity index (χ0) is 19.3. The molecule has 1 aromatic heterocycles. The summed E-state index contributed by atoms with van der Waals surface area (Å²) in [4.78, 5) is 29.0. The SMILES string of the molecule is O=C(Nc1ccc(-n2cccn2)cc1)N1CCC[C@H](C(=O)N2CCOCC2)C1. The van der Waals surface area contributed by atoms with Crippen LogP contribution in [0.3, 0.4) is 0 Å². The number of rotatable bonds is 3. The van der Waals surface area contributed by atoms with Crippen LogP contribution in [0.5, 0.6) is 0 Å². The predicted molar refractivity (Wildman–Crippen MR) is 104 cm³/mol. The van der Waals surface area contributed by atoms with Crippen molar-refractivity contribution in [3.63, 3.8) is 0 Å². The molecule has 8 nitrogen and oxygen atoms in total. The molecule has 148 valence electrons. The minimum absolute atomic E-state index is 0.125. The molecule has 3 heterocycles. The Morgan fingerprint density at radius 1 is 1.07 bits per heavy atom. The number of piperidine rings is 1. The van der Waals surface area contributed by atoms with Crippen LogP contribution < -0.4 is 5.32 Å². The van der Waals surface area contributed by atoms with Crippen molar-refractivity contribution in [3.05, 3.63) is 42.7 Å². The highest BCUT2D eigenvalue weighted by molar-refractivity contribution is 5.90. The molecule has 0 spiro atoms. The summed E-state index contributed by atoms with van der Waals surface area (Å²) in [6.07, 6.45) is 5.26. The number of benzene rings is 1. The van der Waals surface area contributed by atoms with Crippen LogP contribution in [0.4, 0.5) is 10.5 Å². The van der Waals surface area contributed by atoms with Crippen molar-refractivity contribution in [1.29, 1.82) is 0 Å². The average molecular weight is 383 g/mol. The second kappa shape index (κ2) is 8.43. The molecule has 1 aromatic carbocycles. The summed E-state index contributed by atoms with van der Waals surface area (Å²) < 4.78 is 7.08. The molecule has 0 aliphatic carbocycles. The molecule has 28 heavy (non-hydrogen) atoms. The number of ether oxygens (including phenoxy) is 1. The Bertz CT molecular complexity index is 800. The van der Waals surface area contributed by atoms with Gasteiger partial charge in [0.25, 0.3) is 0 Å². The predicted octanol–water partition coefficient (Wildman–Crippen LogP) is 1.97. The number of likely N-dealkylation sites (tertiary alicyclic amines) is 1. The third kappa shape index (κ3) is 4.17. The van der Waals surface area contributed by atoms with Crippen molar-refractivity contribution in [3.8, 4) is 5.69 Å². The van der Waals surface area contributed by atoms with E-state index < -0.39 is 0 Å². The lowest BCUT2D eigenvalue weighted by molar-refractivity contribution is -0.141. The summed E-state index contributed by atoms with van der Waals surface area (Å²) in [5, 5.41) is 7.13. The number of amides is 3. The smallest absolute Gasteiger partial charge is 0.321 e. The molecule has 0 saturated carbocycles. The third-order valence-electron chi connectivity index (χ3n) is 5.27. The maximum atomic E-state index is 12.7. The zero-order valence-electron chi connectivity index (χ0n) is 15.8. The Balaban J connectivity index is 1.34. The number of hydrogen-bond donors (Lipinski definition) is 1. The Hall–Kier alpha value is -2.87. The van der Waals surface area contributed by atoms with Gasteiger partial charge in [0.05, 0.1) is 24.8 Å². The molecule has 3 amide bonds. The molecule has 0 bridgehead atoms. The van der Waals surface area contributed by atoms with Gasteiger partial charge in [-0.3, -0.25) is 4.79 Å². The highest BCUT2D eigenvalue weighted by Crippen LogP contribution is 2.21. The van der Waals surface area contributed by atoms with Crippen LogP contribution in [0.1, 0.15) is 12.8 Å². The van der Waals surface area contributed by atoms with Gasteiger partial charge < -0.3 is 19.9 Å². The molecule has 2 aliphatic rings. The summed E-state index contributed by atoms with van der Waals surface area (Å²) >= 11 is 0. The standard InChI is InChI=1S/C20H25N5O3/c26-19(23-11-13-28-14-12-23)16-3-1-9-24(15-16)20(27)22-17-4-6-18(7-5-17)25-10-2-8-21-25/h2,4-8,10,16H,1,3,9,11-15H2,(H,22,27)/t16-/m0/s1. The number of carbonyl (C=O) groups is 2. The van der Waals surface area contributed by atoms with Crippen molar-refractivity contribution < 1.29 is 14.3 Å². The van der Waals surface area contributed by atoms with Gasteiger partial charge in [-0.15, -0.1) is 0 Å². The van der Waals surface area contributed by atoms with E-state index >= 15 is 0 Å². The monoisotopic (exact) mass is 383 g/mol. The number of anilines is 1. The molecule has 2 aromatic rings. The fraction of sp³-hybridized carbons (Fsp3) is 0.450. The second-order valence-corrected chi connectivity index (χ2v) is 7.15. The van der Waals surface area contributed by atoms with E-state index in [1.165, 1.54) is 0 Å². The number of carbonyl (C=O) groups excluding carboxylic acids is 2. The molecular weight excluding hydrogens is 358 g/mol. The highest BCUT2D eigenvalue weighted by Gasteiger charge is 2.31. The van der Waals surface area contributed by atoms with E-state index in [1.807, 2.05) is 41.4 Å². The molecule has 4 rings (SSSR count). The Kier molecular flexibility index (Phi) is 5.57. The lowest BCUT2D eigenvalue weighted by Crippen LogP contribution is -2.50. The first-order valence-corrected chi connectivity index (χ1v) is 9.73. The van der Waals surface area contributed by atoms with Crippen LogP contribution in [-0.4, -0.2) is 70.9 Å². The Morgan fingerprint density at radius 3 is 2.57 bits per heavy atom. The Morgan fingerprint density at radius 2 is 1.86 bits per heavy atom. The largest absolute Gasteiger partial charge is 0.378 e. The molecule has 1 atom stereocenters. The van der Waals surface area contributed by atoms with Gasteiger partial charge in [0.1, 0.15) is 0 Å². The molecule has 2 saturated heterocycles. The number of aromatic nitrogens is 2. The van der Waals surface area contributed by atoms with Crippen molar-refractivity contribution in [2.45, 2.75) is 12.8 Å². The number of urea groups is 1. The molecule has 0 radical (unpaired) electrons. The molecular formula is C20H25N5O3. The number of nitrogens with zero attached hydrogens (tertiary/aromatic N) is 4. The van der Waals surface area contributed by atoms with E-state index in [2.05, 4.69) is 10.4 Å². The summed E-state index contributed by atoms with van der Waals surface area (Å²) in [5.41, 5.74) is 1.65. The Labute approximate surface area is 164 Å². The summed E-state index contributed by atoms with van der Waals surface area (Å²) in [6.45, 7) is 3.61. The summed E-state index contributed by atoms with van der Waals surface area (Å²) in [7, 11) is 0. The first kappa shape index (κ1) is 18.5. The fourth-order valence-corrected chi connectivity index (χ4v) is 3.73. The van der Waals surface area contributed by atoms with E-state index in [9.17, 15) is 9.59 Å². The number of morpholine rings is 1. The van der Waals surface area contributed by atoms with Crippen LogP contribution in [0.2, 0.25) is 0 Å². The van der Waals surface area contributed by atoms with Crippen LogP contribution >= 0.6 is 0 Å². The van der Waals surface area contributed by atoms with Crippen molar-refractivity contribution >= 4 is 17.6 Å². The first-order valence-electron chi connectivity index (χ1n) is 9.73. The zero-order valence-corrected chi connectivity index (χ0v) is 15.8. The van der Waals surface area contributed by atoms with Gasteiger partial charge in [0.15, 0.2) is 0 Å². The van der Waals surface area contributed by atoms with Gasteiger partial charge >= 0.3 is 6.03 Å². The van der Waals surface area contributed by atoms with Gasteiger partial charge in [-0.2, -0.15) is 5.10 Å². The number of hydrogen-bond acceptors (Lipinski definition) is 4. The number of nitrogens with one attached hydrogen (secondary N) is 1. The maximum absolute atomic E-state index is 12.7. The van der Waals surface area contributed by atoms with Gasteiger partial charge in [0, 0.05) is 44.3 Å². The third-order valence-corrected chi connectivity index (χ3v) is 5.27. The van der Waals surface area contributed by atoms with Crippen LogP contribution in [0, 0.1) is 5.92 Å². The van der Waals surface area contributed by atoms with Gasteiger partial charge in [-0.05, 0) is 43.2 Å². The van der Waals surface area contributed by atoms with Crippen molar-refractivity contribution in [2.75, 3.05) is 44.7 Å². The van der Waals surface area contributed by atoms with E-state index in [0.717, 1.165) is 24.2 Å². The van der Waals surface area contributed by atoms with Crippen LogP contribution in [0.25, 0.3) is 5.69 Å². The normalized spacial score (nSPS) is 20.1. The van der Waals surface area contributed by atoms with Crippen LogP contribution in [-0.2, 0) is 9.53 Å². The van der Waals surface area contributed by atoms with Gasteiger partial charge in [-0.25, -0.2) is 9.48 Å². The summed E-state index contributed by atoms with van der Waals surface area (Å²) in [6, 6.07) is 9.23. The molecule has 8 heteroatoms. The molecule has 2 fully saturated rings. The van der Waals surface area contributed by atoms with Crippen molar-refractivity contribution in [1.82, 2.24) is 19.6 Å². The lowest BCUT2D eigenvalue weighted by Gasteiger charge is -2.36. The van der Waals surface area contributed by atoms with Gasteiger partial charge in [0.2, 0.25) is 5.91 Å². The fourth-order valence-electron chi connectivity index (χ4n) is 3.73. The quantitative estimate of drug-likeness (QED) is 0.879.